The molecule has 0 aliphatic heterocycles. The fraction of sp³-hybridized carbons (Fsp3) is 0.125. The SMILES string of the molecule is O=C(Nc1ccc(S(=O)(=O)NC(CO)C(=O)O)cc1)c1ccc(Cl)cc1Cl. The summed E-state index contributed by atoms with van der Waals surface area (Å²) < 4.78 is 26.1. The lowest BCUT2D eigenvalue weighted by molar-refractivity contribution is -0.139. The number of halogens is 2. The largest absolute Gasteiger partial charge is 0.480 e. The van der Waals surface area contributed by atoms with E-state index >= 15 is 0 Å². The molecule has 0 bridgehead atoms. The number of hydrogen-bond acceptors (Lipinski definition) is 5. The lowest BCUT2D eigenvalue weighted by Gasteiger charge is -2.13. The van der Waals surface area contributed by atoms with Gasteiger partial charge < -0.3 is 15.5 Å². The maximum atomic E-state index is 12.2. The number of carboxylic acids is 1. The van der Waals surface area contributed by atoms with Gasteiger partial charge in [-0.3, -0.25) is 9.59 Å². The van der Waals surface area contributed by atoms with Crippen molar-refractivity contribution >= 4 is 50.8 Å². The fourth-order valence-electron chi connectivity index (χ4n) is 2.01. The van der Waals surface area contributed by atoms with Crippen LogP contribution in [0.1, 0.15) is 10.4 Å². The quantitative estimate of drug-likeness (QED) is 0.528. The number of anilines is 1. The Balaban J connectivity index is 2.14. The summed E-state index contributed by atoms with van der Waals surface area (Å²) in [7, 11) is -4.16. The van der Waals surface area contributed by atoms with Crippen LogP contribution in [-0.2, 0) is 14.8 Å². The van der Waals surface area contributed by atoms with Crippen LogP contribution in [0.5, 0.6) is 0 Å². The smallest absolute Gasteiger partial charge is 0.324 e. The first-order chi connectivity index (χ1) is 12.6. The van der Waals surface area contributed by atoms with E-state index in [4.69, 9.17) is 33.4 Å². The zero-order valence-electron chi connectivity index (χ0n) is 13.5. The molecule has 0 aromatic heterocycles. The number of carboxylic acid groups (broad SMARTS) is 1. The molecule has 2 rings (SSSR count). The van der Waals surface area contributed by atoms with Gasteiger partial charge in [0.05, 0.1) is 22.1 Å². The monoisotopic (exact) mass is 432 g/mol. The molecule has 1 atom stereocenters. The van der Waals surface area contributed by atoms with Crippen molar-refractivity contribution in [2.75, 3.05) is 11.9 Å². The number of aliphatic hydroxyl groups excluding tert-OH is 1. The minimum atomic E-state index is -4.16. The van der Waals surface area contributed by atoms with Gasteiger partial charge in [-0.05, 0) is 42.5 Å². The summed E-state index contributed by atoms with van der Waals surface area (Å²) in [6.45, 7) is -0.898. The number of amides is 1. The standard InChI is InChI=1S/C16H14Cl2N2O6S/c17-9-1-6-12(13(18)7-9)15(22)19-10-2-4-11(5-3-10)27(25,26)20-14(8-21)16(23)24/h1-7,14,20-21H,8H2,(H,19,22)(H,23,24). The molecule has 11 heteroatoms. The summed E-state index contributed by atoms with van der Waals surface area (Å²) >= 11 is 11.7. The number of nitrogens with one attached hydrogen (secondary N) is 2. The second kappa shape index (κ2) is 8.68. The number of carbonyl (C=O) groups is 2. The lowest BCUT2D eigenvalue weighted by Crippen LogP contribution is -2.43. The van der Waals surface area contributed by atoms with E-state index in [0.717, 1.165) is 0 Å². The van der Waals surface area contributed by atoms with E-state index in [2.05, 4.69) is 5.32 Å². The zero-order chi connectivity index (χ0) is 20.2. The fourth-order valence-corrected chi connectivity index (χ4v) is 3.69. The number of hydrogen-bond donors (Lipinski definition) is 4. The summed E-state index contributed by atoms with van der Waals surface area (Å²) in [5, 5.41) is 20.8. The topological polar surface area (TPSA) is 133 Å². The molecule has 0 saturated heterocycles. The zero-order valence-corrected chi connectivity index (χ0v) is 15.8. The molecule has 0 fully saturated rings. The molecule has 1 amide bonds. The molecule has 27 heavy (non-hydrogen) atoms. The summed E-state index contributed by atoms with van der Waals surface area (Å²) in [6, 6.07) is 7.71. The van der Waals surface area contributed by atoms with Crippen LogP contribution in [-0.4, -0.2) is 43.2 Å². The number of aliphatic carboxylic acids is 1. The van der Waals surface area contributed by atoms with Gasteiger partial charge in [0.15, 0.2) is 0 Å². The van der Waals surface area contributed by atoms with E-state index in [1.807, 2.05) is 4.72 Å². The third-order valence-corrected chi connectivity index (χ3v) is 5.41. The van der Waals surface area contributed by atoms with Crippen LogP contribution in [0.3, 0.4) is 0 Å². The van der Waals surface area contributed by atoms with Crippen molar-refractivity contribution in [3.63, 3.8) is 0 Å². The number of benzene rings is 2. The third-order valence-electron chi connectivity index (χ3n) is 3.38. The van der Waals surface area contributed by atoms with Gasteiger partial charge in [-0.1, -0.05) is 23.2 Å². The first-order valence-electron chi connectivity index (χ1n) is 7.36. The molecule has 1 unspecified atom stereocenters. The molecular weight excluding hydrogens is 419 g/mol. The van der Waals surface area contributed by atoms with Crippen LogP contribution in [0.25, 0.3) is 0 Å². The highest BCUT2D eigenvalue weighted by Crippen LogP contribution is 2.22. The Morgan fingerprint density at radius 1 is 1.07 bits per heavy atom. The molecule has 8 nitrogen and oxygen atoms in total. The highest BCUT2D eigenvalue weighted by molar-refractivity contribution is 7.89. The first kappa shape index (κ1) is 21.1. The summed E-state index contributed by atoms with van der Waals surface area (Å²) in [4.78, 5) is 22.8. The Morgan fingerprint density at radius 3 is 2.22 bits per heavy atom. The highest BCUT2D eigenvalue weighted by Gasteiger charge is 2.24. The van der Waals surface area contributed by atoms with Crippen molar-refractivity contribution in [3.05, 3.63) is 58.1 Å². The van der Waals surface area contributed by atoms with Crippen LogP contribution >= 0.6 is 23.2 Å². The predicted molar refractivity (Wildman–Crippen MR) is 99.7 cm³/mol. The molecular formula is C16H14Cl2N2O6S. The Bertz CT molecular complexity index is 963. The maximum absolute atomic E-state index is 12.2. The second-order valence-corrected chi connectivity index (χ2v) is 7.85. The van der Waals surface area contributed by atoms with Gasteiger partial charge >= 0.3 is 5.97 Å². The normalized spacial score (nSPS) is 12.4. The molecule has 0 radical (unpaired) electrons. The molecule has 0 spiro atoms. The number of aliphatic hydroxyl groups is 1. The first-order valence-corrected chi connectivity index (χ1v) is 9.60. The average Bonchev–Trinajstić information content (AvgIpc) is 2.59. The summed E-state index contributed by atoms with van der Waals surface area (Å²) in [5.41, 5.74) is 0.480. The summed E-state index contributed by atoms with van der Waals surface area (Å²) in [6.07, 6.45) is 0. The van der Waals surface area contributed by atoms with Crippen LogP contribution in [0.15, 0.2) is 47.4 Å². The van der Waals surface area contributed by atoms with Crippen LogP contribution in [0.4, 0.5) is 5.69 Å². The van der Waals surface area contributed by atoms with Gasteiger partial charge in [0.1, 0.15) is 6.04 Å². The van der Waals surface area contributed by atoms with Crippen LogP contribution in [0, 0.1) is 0 Å². The minimum Gasteiger partial charge on any atom is -0.480 e. The molecule has 4 N–H and O–H groups in total. The molecule has 0 saturated carbocycles. The van der Waals surface area contributed by atoms with Crippen molar-refractivity contribution in [2.24, 2.45) is 0 Å². The van der Waals surface area contributed by atoms with E-state index < -0.39 is 34.5 Å². The van der Waals surface area contributed by atoms with Crippen molar-refractivity contribution in [1.29, 1.82) is 0 Å². The Morgan fingerprint density at radius 2 is 1.70 bits per heavy atom. The summed E-state index contributed by atoms with van der Waals surface area (Å²) in [5.74, 6) is -2.03. The predicted octanol–water partition coefficient (Wildman–Crippen LogP) is 1.97. The van der Waals surface area contributed by atoms with E-state index in [-0.39, 0.29) is 15.5 Å². The molecule has 0 aliphatic carbocycles. The van der Waals surface area contributed by atoms with Gasteiger partial charge in [-0.2, -0.15) is 4.72 Å². The van der Waals surface area contributed by atoms with Crippen molar-refractivity contribution in [1.82, 2.24) is 4.72 Å². The van der Waals surface area contributed by atoms with Gasteiger partial charge in [-0.15, -0.1) is 0 Å². The maximum Gasteiger partial charge on any atom is 0.324 e. The van der Waals surface area contributed by atoms with Crippen molar-refractivity contribution in [2.45, 2.75) is 10.9 Å². The number of sulfonamides is 1. The average molecular weight is 433 g/mol. The minimum absolute atomic E-state index is 0.159. The van der Waals surface area contributed by atoms with E-state index in [1.165, 1.54) is 42.5 Å². The second-order valence-electron chi connectivity index (χ2n) is 5.30. The Hall–Kier alpha value is -2.17. The number of carbonyl (C=O) groups excluding carboxylic acids is 1. The van der Waals surface area contributed by atoms with Gasteiger partial charge in [-0.25, -0.2) is 8.42 Å². The number of rotatable bonds is 7. The van der Waals surface area contributed by atoms with Gasteiger partial charge in [0.25, 0.3) is 5.91 Å². The van der Waals surface area contributed by atoms with E-state index in [1.54, 1.807) is 0 Å². The van der Waals surface area contributed by atoms with Crippen LogP contribution in [0.2, 0.25) is 10.0 Å². The molecule has 0 heterocycles. The van der Waals surface area contributed by atoms with Gasteiger partial charge in [0, 0.05) is 10.7 Å². The van der Waals surface area contributed by atoms with E-state index in [0.29, 0.717) is 10.7 Å². The lowest BCUT2D eigenvalue weighted by atomic mass is 10.2. The third kappa shape index (κ3) is 5.41. The molecule has 144 valence electrons. The Kier molecular flexibility index (Phi) is 6.79. The molecule has 0 aliphatic rings. The van der Waals surface area contributed by atoms with Crippen molar-refractivity contribution in [3.8, 4) is 0 Å². The van der Waals surface area contributed by atoms with Crippen LogP contribution < -0.4 is 10.0 Å². The molecule has 2 aromatic carbocycles. The Labute approximate surface area is 164 Å². The van der Waals surface area contributed by atoms with E-state index in [9.17, 15) is 18.0 Å². The van der Waals surface area contributed by atoms with Gasteiger partial charge in [0.2, 0.25) is 10.0 Å². The van der Waals surface area contributed by atoms with Crippen molar-refractivity contribution < 1.29 is 28.2 Å². The highest BCUT2D eigenvalue weighted by atomic mass is 35.5. The molecule has 2 aromatic rings.